The topological polar surface area (TPSA) is 118 Å². The van der Waals surface area contributed by atoms with Gasteiger partial charge in [0, 0.05) is 36.7 Å². The number of hydrogen-bond donors (Lipinski definition) is 1. The molecule has 1 atom stereocenters. The second-order valence-corrected chi connectivity index (χ2v) is 8.28. The van der Waals surface area contributed by atoms with E-state index < -0.39 is 10.8 Å². The van der Waals surface area contributed by atoms with Crippen LogP contribution in [0.25, 0.3) is 6.08 Å². The average Bonchev–Trinajstić information content (AvgIpc) is 3.39. The first-order chi connectivity index (χ1) is 15.4. The van der Waals surface area contributed by atoms with Crippen LogP contribution in [-0.4, -0.2) is 33.5 Å². The number of aryl methyl sites for hydroxylation is 1. The standard InChI is InChI=1S/C22H19N5O4S/c1-14-6-2-4-8-17(14)26-13-16(12-20(26)29)21-24-25-22(32-21)23-19(28)11-10-15-7-3-5-9-18(15)27(30)31/h2-11,16H,12-13H2,1H3,(H,23,25,28)/b11-10+. The third-order valence-corrected chi connectivity index (χ3v) is 6.10. The van der Waals surface area contributed by atoms with Crippen molar-refractivity contribution in [3.63, 3.8) is 0 Å². The summed E-state index contributed by atoms with van der Waals surface area (Å²) >= 11 is 1.22. The van der Waals surface area contributed by atoms with Gasteiger partial charge in [-0.25, -0.2) is 0 Å². The molecule has 1 aliphatic heterocycles. The number of aromatic nitrogens is 2. The lowest BCUT2D eigenvalue weighted by molar-refractivity contribution is -0.385. The number of rotatable bonds is 6. The molecule has 3 aromatic rings. The van der Waals surface area contributed by atoms with E-state index in [2.05, 4.69) is 15.5 Å². The van der Waals surface area contributed by atoms with E-state index in [4.69, 9.17) is 0 Å². The molecule has 10 heteroatoms. The van der Waals surface area contributed by atoms with E-state index in [0.29, 0.717) is 28.7 Å². The molecule has 0 saturated carbocycles. The van der Waals surface area contributed by atoms with E-state index in [1.54, 1.807) is 23.1 Å². The number of nitro groups is 1. The lowest BCUT2D eigenvalue weighted by Crippen LogP contribution is -2.25. The molecule has 4 rings (SSSR count). The Balaban J connectivity index is 1.41. The highest BCUT2D eigenvalue weighted by Crippen LogP contribution is 2.35. The molecule has 0 aliphatic carbocycles. The Kier molecular flexibility index (Phi) is 6.04. The summed E-state index contributed by atoms with van der Waals surface area (Å²) in [5.74, 6) is -0.555. The smallest absolute Gasteiger partial charge is 0.276 e. The Morgan fingerprint density at radius 3 is 2.75 bits per heavy atom. The molecule has 32 heavy (non-hydrogen) atoms. The average molecular weight is 449 g/mol. The minimum atomic E-state index is -0.502. The molecule has 1 aliphatic rings. The third-order valence-electron chi connectivity index (χ3n) is 5.10. The van der Waals surface area contributed by atoms with E-state index >= 15 is 0 Å². The van der Waals surface area contributed by atoms with E-state index in [0.717, 1.165) is 11.3 Å². The summed E-state index contributed by atoms with van der Waals surface area (Å²) in [7, 11) is 0. The van der Waals surface area contributed by atoms with Gasteiger partial charge in [0.15, 0.2) is 0 Å². The lowest BCUT2D eigenvalue weighted by atomic mass is 10.1. The normalized spacial score (nSPS) is 16.0. The predicted molar refractivity (Wildman–Crippen MR) is 122 cm³/mol. The van der Waals surface area contributed by atoms with Crippen LogP contribution in [0.15, 0.2) is 54.6 Å². The lowest BCUT2D eigenvalue weighted by Gasteiger charge is -2.18. The second-order valence-electron chi connectivity index (χ2n) is 7.28. The van der Waals surface area contributed by atoms with Crippen LogP contribution in [0.4, 0.5) is 16.5 Å². The number of nitrogens with zero attached hydrogens (tertiary/aromatic N) is 4. The van der Waals surface area contributed by atoms with Gasteiger partial charge in [-0.1, -0.05) is 41.7 Å². The largest absolute Gasteiger partial charge is 0.311 e. The van der Waals surface area contributed by atoms with Gasteiger partial charge < -0.3 is 4.90 Å². The van der Waals surface area contributed by atoms with Crippen molar-refractivity contribution in [3.05, 3.63) is 80.9 Å². The first-order valence-electron chi connectivity index (χ1n) is 9.84. The van der Waals surface area contributed by atoms with Gasteiger partial charge in [-0.3, -0.25) is 25.0 Å². The SMILES string of the molecule is Cc1ccccc1N1CC(c2nnc(NC(=O)/C=C/c3ccccc3[N+](=O)[O-])s2)CC1=O. The number of hydrogen-bond acceptors (Lipinski definition) is 7. The van der Waals surface area contributed by atoms with Crippen molar-refractivity contribution in [1.29, 1.82) is 0 Å². The monoisotopic (exact) mass is 449 g/mol. The van der Waals surface area contributed by atoms with Crippen molar-refractivity contribution < 1.29 is 14.5 Å². The summed E-state index contributed by atoms with van der Waals surface area (Å²) in [6.07, 6.45) is 2.92. The molecule has 2 amide bonds. The third kappa shape index (κ3) is 4.54. The maximum atomic E-state index is 12.5. The number of benzene rings is 2. The quantitative estimate of drug-likeness (QED) is 0.346. The number of anilines is 2. The van der Waals surface area contributed by atoms with Gasteiger partial charge in [-0.15, -0.1) is 10.2 Å². The minimum Gasteiger partial charge on any atom is -0.311 e. The molecule has 1 N–H and O–H groups in total. The van der Waals surface area contributed by atoms with Gasteiger partial charge in [-0.05, 0) is 30.7 Å². The van der Waals surface area contributed by atoms with Crippen molar-refractivity contribution in [2.75, 3.05) is 16.8 Å². The highest BCUT2D eigenvalue weighted by molar-refractivity contribution is 7.15. The summed E-state index contributed by atoms with van der Waals surface area (Å²) in [5, 5.41) is 22.8. The van der Waals surface area contributed by atoms with Gasteiger partial charge >= 0.3 is 0 Å². The summed E-state index contributed by atoms with van der Waals surface area (Å²) in [5.41, 5.74) is 2.15. The number of carbonyl (C=O) groups is 2. The number of nitro benzene ring substituents is 1. The summed E-state index contributed by atoms with van der Waals surface area (Å²) < 4.78 is 0. The van der Waals surface area contributed by atoms with Gasteiger partial charge in [0.1, 0.15) is 5.01 Å². The number of carbonyl (C=O) groups excluding carboxylic acids is 2. The van der Waals surface area contributed by atoms with Crippen LogP contribution in [0.1, 0.15) is 28.5 Å². The van der Waals surface area contributed by atoms with Crippen LogP contribution in [-0.2, 0) is 9.59 Å². The Morgan fingerprint density at radius 2 is 1.97 bits per heavy atom. The Bertz CT molecular complexity index is 1220. The fraction of sp³-hybridized carbons (Fsp3) is 0.182. The van der Waals surface area contributed by atoms with Crippen molar-refractivity contribution in [2.45, 2.75) is 19.3 Å². The fourth-order valence-electron chi connectivity index (χ4n) is 3.53. The van der Waals surface area contributed by atoms with E-state index in [-0.39, 0.29) is 17.5 Å². The molecule has 1 unspecified atom stereocenters. The maximum absolute atomic E-state index is 12.5. The van der Waals surface area contributed by atoms with E-state index in [1.165, 1.54) is 29.6 Å². The van der Waals surface area contributed by atoms with Crippen LogP contribution < -0.4 is 10.2 Å². The molecule has 1 fully saturated rings. The van der Waals surface area contributed by atoms with Crippen LogP contribution in [0.5, 0.6) is 0 Å². The van der Waals surface area contributed by atoms with Crippen molar-refractivity contribution in [1.82, 2.24) is 10.2 Å². The molecule has 162 valence electrons. The predicted octanol–water partition coefficient (Wildman–Crippen LogP) is 3.93. The van der Waals surface area contributed by atoms with Crippen LogP contribution >= 0.6 is 11.3 Å². The molecule has 2 heterocycles. The second kappa shape index (κ2) is 9.06. The van der Waals surface area contributed by atoms with Gasteiger partial charge in [0.05, 0.1) is 10.5 Å². The van der Waals surface area contributed by atoms with Crippen LogP contribution in [0, 0.1) is 17.0 Å². The zero-order valence-corrected chi connectivity index (χ0v) is 17.9. The van der Waals surface area contributed by atoms with Gasteiger partial charge in [-0.2, -0.15) is 0 Å². The Labute approximate surface area is 187 Å². The molecule has 0 spiro atoms. The molecule has 0 radical (unpaired) electrons. The number of para-hydroxylation sites is 2. The molecule has 2 aromatic carbocycles. The number of nitrogens with one attached hydrogen (secondary N) is 1. The van der Waals surface area contributed by atoms with Gasteiger partial charge in [0.25, 0.3) is 5.69 Å². The summed E-state index contributed by atoms with van der Waals surface area (Å²) in [6, 6.07) is 13.9. The first-order valence-corrected chi connectivity index (χ1v) is 10.7. The Hall–Kier alpha value is -3.92. The zero-order valence-electron chi connectivity index (χ0n) is 17.1. The molecule has 1 saturated heterocycles. The molecular weight excluding hydrogens is 430 g/mol. The highest BCUT2D eigenvalue weighted by Gasteiger charge is 2.34. The van der Waals surface area contributed by atoms with Crippen molar-refractivity contribution in [2.24, 2.45) is 0 Å². The molecule has 1 aromatic heterocycles. The Morgan fingerprint density at radius 1 is 1.22 bits per heavy atom. The summed E-state index contributed by atoms with van der Waals surface area (Å²) in [4.78, 5) is 37.1. The minimum absolute atomic E-state index is 0.0254. The van der Waals surface area contributed by atoms with Crippen molar-refractivity contribution in [3.8, 4) is 0 Å². The molecule has 0 bridgehead atoms. The zero-order chi connectivity index (χ0) is 22.7. The van der Waals surface area contributed by atoms with Crippen molar-refractivity contribution >= 4 is 45.7 Å². The maximum Gasteiger partial charge on any atom is 0.276 e. The highest BCUT2D eigenvalue weighted by atomic mass is 32.1. The van der Waals surface area contributed by atoms with E-state index in [9.17, 15) is 19.7 Å². The first kappa shape index (κ1) is 21.3. The fourth-order valence-corrected chi connectivity index (χ4v) is 4.37. The summed E-state index contributed by atoms with van der Waals surface area (Å²) in [6.45, 7) is 2.47. The molecule has 9 nitrogen and oxygen atoms in total. The molecular formula is C22H19N5O4S. The van der Waals surface area contributed by atoms with Gasteiger partial charge in [0.2, 0.25) is 16.9 Å². The van der Waals surface area contributed by atoms with Crippen LogP contribution in [0.2, 0.25) is 0 Å². The number of amides is 2. The van der Waals surface area contributed by atoms with Crippen LogP contribution in [0.3, 0.4) is 0 Å². The van der Waals surface area contributed by atoms with E-state index in [1.807, 2.05) is 31.2 Å².